The van der Waals surface area contributed by atoms with Gasteiger partial charge in [0.05, 0.1) is 19.9 Å². The van der Waals surface area contributed by atoms with E-state index >= 15 is 0 Å². The van der Waals surface area contributed by atoms with Crippen LogP contribution in [-0.2, 0) is 11.3 Å². The van der Waals surface area contributed by atoms with Crippen LogP contribution in [0.15, 0.2) is 42.5 Å². The van der Waals surface area contributed by atoms with Crippen molar-refractivity contribution in [2.45, 2.75) is 57.7 Å². The molecule has 2 aliphatic rings. The van der Waals surface area contributed by atoms with Gasteiger partial charge in [-0.15, -0.1) is 0 Å². The molecule has 1 amide bonds. The Balaban J connectivity index is 1.40. The van der Waals surface area contributed by atoms with Gasteiger partial charge < -0.3 is 25.4 Å². The zero-order valence-corrected chi connectivity index (χ0v) is 19.2. The van der Waals surface area contributed by atoms with Gasteiger partial charge >= 0.3 is 0 Å². The highest BCUT2D eigenvalue weighted by atomic mass is 16.5. The Morgan fingerprint density at radius 1 is 1.06 bits per heavy atom. The number of hydrogen-bond donors (Lipinski definition) is 3. The average Bonchev–Trinajstić information content (AvgIpc) is 3.12. The third-order valence-electron chi connectivity index (χ3n) is 6.27. The Kier molecular flexibility index (Phi) is 7.00. The van der Waals surface area contributed by atoms with E-state index in [1.165, 1.54) is 37.7 Å². The van der Waals surface area contributed by atoms with Crippen LogP contribution >= 0.6 is 0 Å². The first-order valence-corrected chi connectivity index (χ1v) is 11.5. The number of amides is 1. The topological polar surface area (TPSA) is 71.6 Å². The molecule has 0 saturated heterocycles. The molecule has 2 aromatic carbocycles. The number of rotatable bonds is 8. The highest BCUT2D eigenvalue weighted by Crippen LogP contribution is 2.40. The molecule has 3 N–H and O–H groups in total. The molecule has 1 aliphatic heterocycles. The number of benzene rings is 2. The summed E-state index contributed by atoms with van der Waals surface area (Å²) in [6.45, 7) is 2.95. The van der Waals surface area contributed by atoms with Gasteiger partial charge in [0, 0.05) is 41.5 Å². The minimum atomic E-state index is -0.118. The molecule has 0 spiro atoms. The van der Waals surface area contributed by atoms with Gasteiger partial charge in [-0.2, -0.15) is 0 Å². The second kappa shape index (κ2) is 10.1. The minimum absolute atomic E-state index is 0.0268. The van der Waals surface area contributed by atoms with Crippen LogP contribution in [-0.4, -0.2) is 32.2 Å². The third kappa shape index (κ3) is 5.07. The maximum absolute atomic E-state index is 12.6. The molecule has 0 bridgehead atoms. The van der Waals surface area contributed by atoms with Crippen molar-refractivity contribution in [3.63, 3.8) is 0 Å². The fraction of sp³-hybridized carbons (Fsp3) is 0.423. The average molecular weight is 436 g/mol. The lowest BCUT2D eigenvalue weighted by molar-refractivity contribution is -0.110. The molecule has 1 heterocycles. The van der Waals surface area contributed by atoms with Gasteiger partial charge in [0.2, 0.25) is 0 Å². The van der Waals surface area contributed by atoms with E-state index in [-0.39, 0.29) is 11.9 Å². The van der Waals surface area contributed by atoms with Crippen molar-refractivity contribution in [2.75, 3.05) is 24.9 Å². The van der Waals surface area contributed by atoms with Crippen molar-refractivity contribution in [1.29, 1.82) is 0 Å². The number of hydrogen-bond acceptors (Lipinski definition) is 5. The summed E-state index contributed by atoms with van der Waals surface area (Å²) in [7, 11) is 3.18. The molecule has 1 unspecified atom stereocenters. The summed E-state index contributed by atoms with van der Waals surface area (Å²) < 4.78 is 10.7. The predicted molar refractivity (Wildman–Crippen MR) is 129 cm³/mol. The molecular weight excluding hydrogens is 402 g/mol. The molecule has 1 atom stereocenters. The number of anilines is 2. The molecule has 1 aliphatic carbocycles. The Morgan fingerprint density at radius 3 is 2.44 bits per heavy atom. The van der Waals surface area contributed by atoms with Gasteiger partial charge in [-0.3, -0.25) is 4.79 Å². The molecule has 1 saturated carbocycles. The summed E-state index contributed by atoms with van der Waals surface area (Å²) in [4.78, 5) is 12.6. The maximum atomic E-state index is 12.6. The van der Waals surface area contributed by atoms with Crippen LogP contribution in [0.5, 0.6) is 11.5 Å². The van der Waals surface area contributed by atoms with Crippen LogP contribution in [0.3, 0.4) is 0 Å². The van der Waals surface area contributed by atoms with E-state index in [0.717, 1.165) is 23.5 Å². The van der Waals surface area contributed by atoms with Crippen LogP contribution in [0.2, 0.25) is 0 Å². The summed E-state index contributed by atoms with van der Waals surface area (Å²) in [5, 5.41) is 10.1. The number of carbonyl (C=O) groups excluding carboxylic acids is 1. The summed E-state index contributed by atoms with van der Waals surface area (Å²) in [5.41, 5.74) is 4.51. The number of carbonyl (C=O) groups is 1. The largest absolute Gasteiger partial charge is 0.493 e. The van der Waals surface area contributed by atoms with Crippen molar-refractivity contribution in [3.05, 3.63) is 53.6 Å². The highest BCUT2D eigenvalue weighted by Gasteiger charge is 2.27. The Labute approximate surface area is 190 Å². The van der Waals surface area contributed by atoms with Gasteiger partial charge in [-0.25, -0.2) is 0 Å². The smallest absolute Gasteiger partial charge is 0.256 e. The number of methoxy groups -OCH3 is 2. The monoisotopic (exact) mass is 435 g/mol. The van der Waals surface area contributed by atoms with Crippen molar-refractivity contribution in [1.82, 2.24) is 5.32 Å². The number of ether oxygens (including phenoxy) is 2. The van der Waals surface area contributed by atoms with E-state index in [4.69, 9.17) is 9.47 Å². The molecule has 0 radical (unpaired) electrons. The molecule has 32 heavy (non-hydrogen) atoms. The number of fused-ring (bicyclic) bond motifs is 1. The van der Waals surface area contributed by atoms with E-state index in [2.05, 4.69) is 40.2 Å². The predicted octanol–water partition coefficient (Wildman–Crippen LogP) is 4.96. The fourth-order valence-corrected chi connectivity index (χ4v) is 4.52. The Bertz CT molecular complexity index is 979. The van der Waals surface area contributed by atoms with Gasteiger partial charge in [0.25, 0.3) is 5.91 Å². The van der Waals surface area contributed by atoms with Crippen molar-refractivity contribution < 1.29 is 14.3 Å². The lowest BCUT2D eigenvalue weighted by Crippen LogP contribution is -2.30. The fourth-order valence-electron chi connectivity index (χ4n) is 4.52. The standard InChI is InChI=1S/C26H33N3O3/c1-17(13-22-21-14-24(31-2)25(32-3)15-23(21)29-26(22)30)28-20-11-9-18(10-12-20)16-27-19-7-5-4-6-8-19/h9-15,17,19,27-28H,4-8,16H2,1-3H3,(H,29,30). The maximum Gasteiger partial charge on any atom is 0.256 e. The van der Waals surface area contributed by atoms with E-state index in [1.807, 2.05) is 19.1 Å². The summed E-state index contributed by atoms with van der Waals surface area (Å²) >= 11 is 0. The van der Waals surface area contributed by atoms with E-state index < -0.39 is 0 Å². The van der Waals surface area contributed by atoms with Gasteiger partial charge in [0.1, 0.15) is 0 Å². The first-order chi connectivity index (χ1) is 15.6. The number of nitrogens with one attached hydrogen (secondary N) is 3. The first kappa shape index (κ1) is 22.2. The molecular formula is C26H33N3O3. The van der Waals surface area contributed by atoms with Crippen LogP contribution in [0, 0.1) is 0 Å². The lowest BCUT2D eigenvalue weighted by atomic mass is 9.95. The molecule has 6 heteroatoms. The van der Waals surface area contributed by atoms with Gasteiger partial charge in [-0.1, -0.05) is 31.4 Å². The van der Waals surface area contributed by atoms with Gasteiger partial charge in [-0.05, 0) is 49.6 Å². The lowest BCUT2D eigenvalue weighted by Gasteiger charge is -2.23. The normalized spacial score (nSPS) is 18.2. The van der Waals surface area contributed by atoms with Crippen LogP contribution < -0.4 is 25.4 Å². The zero-order valence-electron chi connectivity index (χ0n) is 19.2. The van der Waals surface area contributed by atoms with E-state index in [0.29, 0.717) is 23.1 Å². The van der Waals surface area contributed by atoms with Crippen molar-refractivity contribution in [2.24, 2.45) is 0 Å². The first-order valence-electron chi connectivity index (χ1n) is 11.5. The van der Waals surface area contributed by atoms with Crippen LogP contribution in [0.1, 0.15) is 50.2 Å². The van der Waals surface area contributed by atoms with Crippen molar-refractivity contribution in [3.8, 4) is 11.5 Å². The van der Waals surface area contributed by atoms with Crippen LogP contribution in [0.25, 0.3) is 5.57 Å². The molecule has 170 valence electrons. The second-order valence-electron chi connectivity index (χ2n) is 8.63. The van der Waals surface area contributed by atoms with Crippen LogP contribution in [0.4, 0.5) is 11.4 Å². The molecule has 1 fully saturated rings. The minimum Gasteiger partial charge on any atom is -0.493 e. The molecule has 0 aromatic heterocycles. The Morgan fingerprint density at radius 2 is 1.75 bits per heavy atom. The SMILES string of the molecule is COc1cc2c(cc1OC)C(=CC(C)Nc1ccc(CNC3CCCCC3)cc1)C(=O)N2. The zero-order chi connectivity index (χ0) is 22.5. The molecule has 2 aromatic rings. The highest BCUT2D eigenvalue weighted by molar-refractivity contribution is 6.31. The Hall–Kier alpha value is -2.99. The second-order valence-corrected chi connectivity index (χ2v) is 8.63. The van der Waals surface area contributed by atoms with Crippen molar-refractivity contribution >= 4 is 22.9 Å². The summed E-state index contributed by atoms with van der Waals surface area (Å²) in [6.07, 6.45) is 8.60. The molecule has 6 nitrogen and oxygen atoms in total. The summed E-state index contributed by atoms with van der Waals surface area (Å²) in [5.74, 6) is 1.08. The third-order valence-corrected chi connectivity index (χ3v) is 6.27. The van der Waals surface area contributed by atoms with E-state index in [9.17, 15) is 4.79 Å². The summed E-state index contributed by atoms with van der Waals surface area (Å²) in [6, 6.07) is 12.8. The quantitative estimate of drug-likeness (QED) is 0.511. The van der Waals surface area contributed by atoms with Gasteiger partial charge in [0.15, 0.2) is 11.5 Å². The van der Waals surface area contributed by atoms with E-state index in [1.54, 1.807) is 20.3 Å². The molecule has 4 rings (SSSR count).